The van der Waals surface area contributed by atoms with Gasteiger partial charge in [0.2, 0.25) is 5.91 Å². The number of aromatic nitrogens is 2. The number of H-pyrrole nitrogens is 1. The highest BCUT2D eigenvalue weighted by Gasteiger charge is 2.25. The van der Waals surface area contributed by atoms with Crippen LogP contribution in [0.4, 0.5) is 0 Å². The molecule has 1 amide bonds. The Hall–Kier alpha value is -1.36. The van der Waals surface area contributed by atoms with E-state index in [0.29, 0.717) is 12.5 Å². The van der Waals surface area contributed by atoms with Crippen LogP contribution in [-0.2, 0) is 11.2 Å². The molecule has 1 fully saturated rings. The molecule has 5 nitrogen and oxygen atoms in total. The first-order valence-electron chi connectivity index (χ1n) is 6.88. The lowest BCUT2D eigenvalue weighted by atomic mass is 9.93. The standard InChI is InChI=1S/C13H20N4O/c18-12(7-10-4-2-6-14-10)16-11-5-1-3-9-8-15-17-13(9)11/h8,10-11,14H,1-7H2,(H,15,17)(H,16,18). The van der Waals surface area contributed by atoms with E-state index >= 15 is 0 Å². The molecule has 1 aliphatic carbocycles. The number of rotatable bonds is 3. The molecule has 0 spiro atoms. The van der Waals surface area contributed by atoms with E-state index in [4.69, 9.17) is 0 Å². The van der Waals surface area contributed by atoms with Gasteiger partial charge in [-0.2, -0.15) is 5.10 Å². The minimum absolute atomic E-state index is 0.130. The van der Waals surface area contributed by atoms with E-state index in [9.17, 15) is 4.79 Å². The summed E-state index contributed by atoms with van der Waals surface area (Å²) >= 11 is 0. The second-order valence-corrected chi connectivity index (χ2v) is 5.32. The lowest BCUT2D eigenvalue weighted by Gasteiger charge is -2.23. The third kappa shape index (κ3) is 2.41. The third-order valence-electron chi connectivity index (χ3n) is 3.97. The molecule has 2 atom stereocenters. The predicted octanol–water partition coefficient (Wildman–Crippen LogP) is 1.05. The van der Waals surface area contributed by atoms with Crippen molar-refractivity contribution in [2.75, 3.05) is 6.54 Å². The summed E-state index contributed by atoms with van der Waals surface area (Å²) in [6.07, 6.45) is 7.99. The molecule has 2 unspecified atom stereocenters. The summed E-state index contributed by atoms with van der Waals surface area (Å²) in [6.45, 7) is 1.05. The van der Waals surface area contributed by atoms with Gasteiger partial charge in [-0.25, -0.2) is 0 Å². The maximum atomic E-state index is 12.0. The van der Waals surface area contributed by atoms with Gasteiger partial charge in [0.25, 0.3) is 0 Å². The van der Waals surface area contributed by atoms with Crippen molar-refractivity contribution in [3.8, 4) is 0 Å². The third-order valence-corrected chi connectivity index (χ3v) is 3.97. The van der Waals surface area contributed by atoms with Crippen LogP contribution in [0.1, 0.15) is 49.4 Å². The second-order valence-electron chi connectivity index (χ2n) is 5.32. The van der Waals surface area contributed by atoms with Crippen LogP contribution in [0.2, 0.25) is 0 Å². The highest BCUT2D eigenvalue weighted by atomic mass is 16.1. The predicted molar refractivity (Wildman–Crippen MR) is 68.1 cm³/mol. The fourth-order valence-corrected chi connectivity index (χ4v) is 3.02. The van der Waals surface area contributed by atoms with Crippen molar-refractivity contribution >= 4 is 5.91 Å². The highest BCUT2D eigenvalue weighted by molar-refractivity contribution is 5.77. The highest BCUT2D eigenvalue weighted by Crippen LogP contribution is 2.27. The minimum Gasteiger partial charge on any atom is -0.348 e. The van der Waals surface area contributed by atoms with Gasteiger partial charge >= 0.3 is 0 Å². The number of hydrogen-bond acceptors (Lipinski definition) is 3. The van der Waals surface area contributed by atoms with Gasteiger partial charge in [0.05, 0.1) is 17.9 Å². The molecule has 0 bridgehead atoms. The molecule has 1 saturated heterocycles. The maximum absolute atomic E-state index is 12.0. The zero-order chi connectivity index (χ0) is 12.4. The Kier molecular flexibility index (Phi) is 3.32. The number of nitrogens with one attached hydrogen (secondary N) is 3. The molecule has 98 valence electrons. The molecule has 3 N–H and O–H groups in total. The van der Waals surface area contributed by atoms with Crippen LogP contribution in [0.3, 0.4) is 0 Å². The monoisotopic (exact) mass is 248 g/mol. The van der Waals surface area contributed by atoms with Crippen molar-refractivity contribution in [2.45, 2.75) is 50.6 Å². The van der Waals surface area contributed by atoms with Crippen LogP contribution in [0.15, 0.2) is 6.20 Å². The Morgan fingerprint density at radius 2 is 2.39 bits per heavy atom. The summed E-state index contributed by atoms with van der Waals surface area (Å²) in [6, 6.07) is 0.500. The van der Waals surface area contributed by atoms with Crippen LogP contribution in [-0.4, -0.2) is 28.7 Å². The van der Waals surface area contributed by atoms with Crippen LogP contribution in [0, 0.1) is 0 Å². The zero-order valence-corrected chi connectivity index (χ0v) is 10.5. The summed E-state index contributed by atoms with van der Waals surface area (Å²) in [5.74, 6) is 0.154. The number of hydrogen-bond donors (Lipinski definition) is 3. The van der Waals surface area contributed by atoms with Crippen molar-refractivity contribution in [2.24, 2.45) is 0 Å². The topological polar surface area (TPSA) is 69.8 Å². The molecule has 0 saturated carbocycles. The first kappa shape index (κ1) is 11.7. The molecule has 18 heavy (non-hydrogen) atoms. The quantitative estimate of drug-likeness (QED) is 0.748. The van der Waals surface area contributed by atoms with Gasteiger partial charge in [-0.05, 0) is 44.2 Å². The lowest BCUT2D eigenvalue weighted by molar-refractivity contribution is -0.122. The van der Waals surface area contributed by atoms with E-state index in [2.05, 4.69) is 20.8 Å². The first-order chi connectivity index (χ1) is 8.83. The van der Waals surface area contributed by atoms with E-state index in [-0.39, 0.29) is 11.9 Å². The number of fused-ring (bicyclic) bond motifs is 1. The van der Waals surface area contributed by atoms with Gasteiger partial charge in [-0.1, -0.05) is 0 Å². The normalized spacial score (nSPS) is 26.9. The molecule has 1 aliphatic heterocycles. The Balaban J connectivity index is 1.58. The van der Waals surface area contributed by atoms with E-state index in [1.807, 2.05) is 6.20 Å². The number of amides is 1. The molecular formula is C13H20N4O. The molecule has 2 heterocycles. The van der Waals surface area contributed by atoms with Crippen LogP contribution >= 0.6 is 0 Å². The Morgan fingerprint density at radius 3 is 3.22 bits per heavy atom. The van der Waals surface area contributed by atoms with Crippen molar-refractivity contribution in [3.63, 3.8) is 0 Å². The molecule has 0 radical (unpaired) electrons. The van der Waals surface area contributed by atoms with Crippen molar-refractivity contribution in [1.82, 2.24) is 20.8 Å². The number of nitrogens with zero attached hydrogens (tertiary/aromatic N) is 1. The Morgan fingerprint density at radius 1 is 1.44 bits per heavy atom. The van der Waals surface area contributed by atoms with Crippen molar-refractivity contribution in [1.29, 1.82) is 0 Å². The summed E-state index contributed by atoms with van der Waals surface area (Å²) in [5, 5.41) is 13.6. The Bertz CT molecular complexity index is 422. The number of carbonyl (C=O) groups excluding carboxylic acids is 1. The van der Waals surface area contributed by atoms with E-state index in [0.717, 1.165) is 37.9 Å². The summed E-state index contributed by atoms with van der Waals surface area (Å²) in [4.78, 5) is 12.0. The Labute approximate surface area is 107 Å². The van der Waals surface area contributed by atoms with Crippen LogP contribution < -0.4 is 10.6 Å². The molecule has 1 aromatic rings. The van der Waals surface area contributed by atoms with Gasteiger partial charge in [0.1, 0.15) is 0 Å². The van der Waals surface area contributed by atoms with Gasteiger partial charge < -0.3 is 10.6 Å². The largest absolute Gasteiger partial charge is 0.348 e. The fourth-order valence-electron chi connectivity index (χ4n) is 3.02. The molecule has 5 heteroatoms. The van der Waals surface area contributed by atoms with Gasteiger partial charge in [0, 0.05) is 12.5 Å². The lowest BCUT2D eigenvalue weighted by Crippen LogP contribution is -2.35. The molecule has 2 aliphatic rings. The fraction of sp³-hybridized carbons (Fsp3) is 0.692. The van der Waals surface area contributed by atoms with E-state index in [1.165, 1.54) is 12.0 Å². The van der Waals surface area contributed by atoms with Crippen LogP contribution in [0.5, 0.6) is 0 Å². The first-order valence-corrected chi connectivity index (χ1v) is 6.88. The molecule has 1 aromatic heterocycles. The molecular weight excluding hydrogens is 228 g/mol. The SMILES string of the molecule is O=C(CC1CCCN1)NC1CCCc2cn[nH]c21. The van der Waals surface area contributed by atoms with Gasteiger partial charge in [-0.15, -0.1) is 0 Å². The molecule has 0 aromatic carbocycles. The zero-order valence-electron chi connectivity index (χ0n) is 10.5. The summed E-state index contributed by atoms with van der Waals surface area (Å²) in [5.41, 5.74) is 2.36. The summed E-state index contributed by atoms with van der Waals surface area (Å²) in [7, 11) is 0. The number of aryl methyl sites for hydroxylation is 1. The van der Waals surface area contributed by atoms with E-state index < -0.39 is 0 Å². The number of aromatic amines is 1. The number of carbonyl (C=O) groups is 1. The second kappa shape index (κ2) is 5.10. The van der Waals surface area contributed by atoms with Crippen LogP contribution in [0.25, 0.3) is 0 Å². The minimum atomic E-state index is 0.130. The maximum Gasteiger partial charge on any atom is 0.222 e. The van der Waals surface area contributed by atoms with Gasteiger partial charge in [0.15, 0.2) is 0 Å². The smallest absolute Gasteiger partial charge is 0.222 e. The van der Waals surface area contributed by atoms with Crippen molar-refractivity contribution in [3.05, 3.63) is 17.5 Å². The summed E-state index contributed by atoms with van der Waals surface area (Å²) < 4.78 is 0. The average molecular weight is 248 g/mol. The van der Waals surface area contributed by atoms with Gasteiger partial charge in [-0.3, -0.25) is 9.89 Å². The molecule has 3 rings (SSSR count). The average Bonchev–Trinajstić information content (AvgIpc) is 2.99. The van der Waals surface area contributed by atoms with Crippen molar-refractivity contribution < 1.29 is 4.79 Å². The van der Waals surface area contributed by atoms with E-state index in [1.54, 1.807) is 0 Å².